The maximum absolute atomic E-state index is 13.8. The molecule has 1 rings (SSSR count). The summed E-state index contributed by atoms with van der Waals surface area (Å²) >= 11 is 0. The Labute approximate surface area is 119 Å². The van der Waals surface area contributed by atoms with E-state index in [0.29, 0.717) is 12.1 Å². The fourth-order valence-electron chi connectivity index (χ4n) is 1.79. The van der Waals surface area contributed by atoms with Gasteiger partial charge in [0, 0.05) is 18.7 Å². The highest BCUT2D eigenvalue weighted by Gasteiger charge is 2.23. The van der Waals surface area contributed by atoms with Crippen molar-refractivity contribution in [1.29, 1.82) is 5.26 Å². The zero-order chi connectivity index (χ0) is 15.3. The predicted octanol–water partition coefficient (Wildman–Crippen LogP) is 2.03. The summed E-state index contributed by atoms with van der Waals surface area (Å²) < 4.78 is 13.8. The van der Waals surface area contributed by atoms with Crippen LogP contribution in [0.3, 0.4) is 0 Å². The molecule has 0 radical (unpaired) electrons. The van der Waals surface area contributed by atoms with Crippen molar-refractivity contribution < 1.29 is 9.18 Å². The molecule has 1 atom stereocenters. The molecule has 0 aliphatic carbocycles. The van der Waals surface area contributed by atoms with Crippen molar-refractivity contribution in [2.75, 3.05) is 6.54 Å². The molecular formula is C15H20FN3O. The van der Waals surface area contributed by atoms with Crippen molar-refractivity contribution in [2.45, 2.75) is 33.4 Å². The molecule has 0 fully saturated rings. The minimum atomic E-state index is -0.587. The molecule has 0 heterocycles. The van der Waals surface area contributed by atoms with E-state index in [0.717, 1.165) is 0 Å². The van der Waals surface area contributed by atoms with Gasteiger partial charge < -0.3 is 10.6 Å². The topological polar surface area (TPSA) is 70.1 Å². The van der Waals surface area contributed by atoms with Gasteiger partial charge in [0.1, 0.15) is 5.82 Å². The van der Waals surface area contributed by atoms with Crippen molar-refractivity contribution >= 4 is 5.91 Å². The number of hydrogen-bond acceptors (Lipinski definition) is 3. The van der Waals surface area contributed by atoms with E-state index in [1.54, 1.807) is 6.07 Å². The molecule has 0 spiro atoms. The van der Waals surface area contributed by atoms with E-state index < -0.39 is 11.9 Å². The number of amides is 1. The van der Waals surface area contributed by atoms with Crippen LogP contribution in [0.2, 0.25) is 0 Å². The normalized spacial score (nSPS) is 12.1. The first kappa shape index (κ1) is 16.1. The summed E-state index contributed by atoms with van der Waals surface area (Å²) in [6.07, 6.45) is 0. The van der Waals surface area contributed by atoms with Gasteiger partial charge in [-0.25, -0.2) is 4.39 Å². The quantitative estimate of drug-likeness (QED) is 0.895. The molecule has 4 nitrogen and oxygen atoms in total. The summed E-state index contributed by atoms with van der Waals surface area (Å²) in [7, 11) is 0. The van der Waals surface area contributed by atoms with Crippen LogP contribution < -0.4 is 5.73 Å². The van der Waals surface area contributed by atoms with E-state index in [4.69, 9.17) is 11.0 Å². The Morgan fingerprint density at radius 3 is 2.60 bits per heavy atom. The van der Waals surface area contributed by atoms with E-state index in [2.05, 4.69) is 0 Å². The first-order valence-electron chi connectivity index (χ1n) is 6.63. The number of likely N-dealkylation sites (N-methyl/N-ethyl adjacent to an activating group) is 1. The van der Waals surface area contributed by atoms with Gasteiger partial charge in [-0.15, -0.1) is 0 Å². The Kier molecular flexibility index (Phi) is 5.66. The lowest BCUT2D eigenvalue weighted by molar-refractivity contribution is -0.134. The highest BCUT2D eigenvalue weighted by atomic mass is 19.1. The average Bonchev–Trinajstić information content (AvgIpc) is 2.44. The number of benzene rings is 1. The number of nitrogens with two attached hydrogens (primary N) is 1. The number of rotatable bonds is 5. The summed E-state index contributed by atoms with van der Waals surface area (Å²) in [6, 6.07) is 5.54. The molecule has 0 unspecified atom stereocenters. The largest absolute Gasteiger partial charge is 0.337 e. The van der Waals surface area contributed by atoms with Gasteiger partial charge in [0.05, 0.1) is 17.7 Å². The smallest absolute Gasteiger partial charge is 0.240 e. The summed E-state index contributed by atoms with van der Waals surface area (Å²) in [5.74, 6) is -0.637. The SMILES string of the molecule is CCN(Cc1ccc(C#N)cc1F)C(=O)[C@H](N)C(C)C. The van der Waals surface area contributed by atoms with Gasteiger partial charge in [0.25, 0.3) is 0 Å². The molecule has 1 amide bonds. The van der Waals surface area contributed by atoms with Crippen molar-refractivity contribution in [1.82, 2.24) is 4.90 Å². The van der Waals surface area contributed by atoms with Gasteiger partial charge in [-0.1, -0.05) is 19.9 Å². The van der Waals surface area contributed by atoms with E-state index in [1.165, 1.54) is 17.0 Å². The van der Waals surface area contributed by atoms with E-state index >= 15 is 0 Å². The third-order valence-electron chi connectivity index (χ3n) is 3.24. The van der Waals surface area contributed by atoms with Crippen molar-refractivity contribution in [2.24, 2.45) is 11.7 Å². The second-order valence-electron chi connectivity index (χ2n) is 5.04. The molecule has 5 heteroatoms. The van der Waals surface area contributed by atoms with Crippen molar-refractivity contribution in [3.8, 4) is 6.07 Å². The fourth-order valence-corrected chi connectivity index (χ4v) is 1.79. The number of halogens is 1. The summed E-state index contributed by atoms with van der Waals surface area (Å²) in [6.45, 7) is 6.19. The average molecular weight is 277 g/mol. The number of carbonyl (C=O) groups excluding carboxylic acids is 1. The second kappa shape index (κ2) is 7.01. The van der Waals surface area contributed by atoms with Crippen LogP contribution in [-0.4, -0.2) is 23.4 Å². The van der Waals surface area contributed by atoms with Crippen molar-refractivity contribution in [3.05, 3.63) is 35.1 Å². The molecule has 2 N–H and O–H groups in total. The Hall–Kier alpha value is -1.93. The Morgan fingerprint density at radius 2 is 2.15 bits per heavy atom. The molecule has 20 heavy (non-hydrogen) atoms. The number of hydrogen-bond donors (Lipinski definition) is 1. The maximum atomic E-state index is 13.8. The fraction of sp³-hybridized carbons (Fsp3) is 0.467. The monoisotopic (exact) mass is 277 g/mol. The highest BCUT2D eigenvalue weighted by molar-refractivity contribution is 5.81. The van der Waals surface area contributed by atoms with Crippen LogP contribution in [-0.2, 0) is 11.3 Å². The summed E-state index contributed by atoms with van der Waals surface area (Å²) in [5.41, 5.74) is 6.49. The molecule has 0 saturated heterocycles. The van der Waals surface area contributed by atoms with E-state index in [9.17, 15) is 9.18 Å². The molecule has 0 bridgehead atoms. The third kappa shape index (κ3) is 3.78. The van der Waals surface area contributed by atoms with E-state index in [1.807, 2.05) is 26.8 Å². The Bertz CT molecular complexity index is 522. The van der Waals surface area contributed by atoms with Crippen molar-refractivity contribution in [3.63, 3.8) is 0 Å². The maximum Gasteiger partial charge on any atom is 0.240 e. The molecule has 0 aromatic heterocycles. The Morgan fingerprint density at radius 1 is 1.50 bits per heavy atom. The van der Waals surface area contributed by atoms with Gasteiger partial charge in [-0.05, 0) is 25.0 Å². The third-order valence-corrected chi connectivity index (χ3v) is 3.24. The number of nitriles is 1. The van der Waals surface area contributed by atoms with Crippen LogP contribution >= 0.6 is 0 Å². The van der Waals surface area contributed by atoms with Gasteiger partial charge in [-0.3, -0.25) is 4.79 Å². The molecule has 0 aliphatic rings. The number of carbonyl (C=O) groups is 1. The standard InChI is InChI=1S/C15H20FN3O/c1-4-19(15(20)14(18)10(2)3)9-12-6-5-11(8-17)7-13(12)16/h5-7,10,14H,4,9,18H2,1-3H3/t14-/m1/s1. The van der Waals surface area contributed by atoms with Crippen LogP contribution in [0.5, 0.6) is 0 Å². The minimum absolute atomic E-state index is 0.0300. The highest BCUT2D eigenvalue weighted by Crippen LogP contribution is 2.14. The summed E-state index contributed by atoms with van der Waals surface area (Å²) in [5, 5.41) is 8.71. The molecule has 0 aliphatic heterocycles. The molecule has 108 valence electrons. The first-order chi connectivity index (χ1) is 9.40. The van der Waals surface area contributed by atoms with Gasteiger partial charge in [-0.2, -0.15) is 5.26 Å². The molecule has 0 saturated carbocycles. The molecule has 1 aromatic rings. The second-order valence-corrected chi connectivity index (χ2v) is 5.04. The van der Waals surface area contributed by atoms with Gasteiger partial charge in [0.2, 0.25) is 5.91 Å². The first-order valence-corrected chi connectivity index (χ1v) is 6.63. The Balaban J connectivity index is 2.89. The lowest BCUT2D eigenvalue weighted by Crippen LogP contribution is -2.46. The van der Waals surface area contributed by atoms with E-state index in [-0.39, 0.29) is 23.9 Å². The summed E-state index contributed by atoms with van der Waals surface area (Å²) in [4.78, 5) is 13.7. The minimum Gasteiger partial charge on any atom is -0.337 e. The zero-order valence-electron chi connectivity index (χ0n) is 12.1. The lowest BCUT2D eigenvalue weighted by Gasteiger charge is -2.26. The van der Waals surface area contributed by atoms with Gasteiger partial charge in [0.15, 0.2) is 0 Å². The van der Waals surface area contributed by atoms with Crippen LogP contribution in [0.25, 0.3) is 0 Å². The van der Waals surface area contributed by atoms with Crippen LogP contribution in [0, 0.1) is 23.1 Å². The predicted molar refractivity (Wildman–Crippen MR) is 75.0 cm³/mol. The molecule has 1 aromatic carbocycles. The lowest BCUT2D eigenvalue weighted by atomic mass is 10.0. The van der Waals surface area contributed by atoms with Crippen LogP contribution in [0.4, 0.5) is 4.39 Å². The van der Waals surface area contributed by atoms with Gasteiger partial charge >= 0.3 is 0 Å². The van der Waals surface area contributed by atoms with Crippen LogP contribution in [0.15, 0.2) is 18.2 Å². The molecular weight excluding hydrogens is 257 g/mol. The number of nitrogens with zero attached hydrogens (tertiary/aromatic N) is 2. The van der Waals surface area contributed by atoms with Crippen LogP contribution in [0.1, 0.15) is 31.9 Å². The zero-order valence-corrected chi connectivity index (χ0v) is 12.1.